The molecule has 0 saturated carbocycles. The van der Waals surface area contributed by atoms with E-state index in [1.165, 1.54) is 12.1 Å². The van der Waals surface area contributed by atoms with Gasteiger partial charge in [0.2, 0.25) is 5.89 Å². The van der Waals surface area contributed by atoms with Gasteiger partial charge in [0.25, 0.3) is 5.91 Å². The zero-order chi connectivity index (χ0) is 21.3. The van der Waals surface area contributed by atoms with Crippen LogP contribution < -0.4 is 10.5 Å². The smallest absolute Gasteiger partial charge is 0.251 e. The van der Waals surface area contributed by atoms with Gasteiger partial charge in [-0.05, 0) is 24.3 Å². The molecule has 3 heterocycles. The highest BCUT2D eigenvalue weighted by molar-refractivity contribution is 5.93. The predicted octanol–water partition coefficient (Wildman–Crippen LogP) is 2.76. The topological polar surface area (TPSA) is 107 Å². The molecule has 30 heavy (non-hydrogen) atoms. The second kappa shape index (κ2) is 8.19. The maximum Gasteiger partial charge on any atom is 0.251 e. The lowest BCUT2D eigenvalue weighted by molar-refractivity contribution is 0.0124. The minimum absolute atomic E-state index is 0.0569. The highest BCUT2D eigenvalue weighted by atomic mass is 19.1. The summed E-state index contributed by atoms with van der Waals surface area (Å²) in [7, 11) is 0. The SMILES string of the molecule is CC(C)c1nc(CN2CC(Oc3ccc(-c4ccc(C(N)=O)c(F)c4)nc3)C2)no1. The van der Waals surface area contributed by atoms with Crippen molar-refractivity contribution >= 4 is 5.91 Å². The molecule has 1 aromatic carbocycles. The number of carbonyl (C=O) groups excluding carboxylic acids is 1. The van der Waals surface area contributed by atoms with E-state index in [-0.39, 0.29) is 17.6 Å². The number of benzene rings is 1. The number of pyridine rings is 1. The molecule has 0 spiro atoms. The number of hydrogen-bond acceptors (Lipinski definition) is 7. The third-order valence-electron chi connectivity index (χ3n) is 4.84. The minimum Gasteiger partial charge on any atom is -0.486 e. The Balaban J connectivity index is 1.30. The number of aromatic nitrogens is 3. The standard InChI is InChI=1S/C21H22FN5O3/c1-12(2)21-25-19(26-30-21)11-27-9-15(10-27)29-14-4-6-18(24-8-14)13-3-5-16(20(23)28)17(22)7-13/h3-8,12,15H,9-11H2,1-2H3,(H2,23,28). The third-order valence-corrected chi connectivity index (χ3v) is 4.84. The van der Waals surface area contributed by atoms with Crippen LogP contribution in [0.5, 0.6) is 5.75 Å². The number of likely N-dealkylation sites (tertiary alicyclic amines) is 1. The lowest BCUT2D eigenvalue weighted by Gasteiger charge is -2.38. The first-order valence-corrected chi connectivity index (χ1v) is 9.66. The van der Waals surface area contributed by atoms with E-state index in [0.717, 1.165) is 13.1 Å². The summed E-state index contributed by atoms with van der Waals surface area (Å²) in [5.41, 5.74) is 6.11. The molecule has 0 aliphatic carbocycles. The van der Waals surface area contributed by atoms with E-state index >= 15 is 0 Å². The molecule has 156 valence electrons. The van der Waals surface area contributed by atoms with Gasteiger partial charge in [0, 0.05) is 24.6 Å². The van der Waals surface area contributed by atoms with Crippen LogP contribution in [0.25, 0.3) is 11.3 Å². The lowest BCUT2D eigenvalue weighted by atomic mass is 10.1. The summed E-state index contributed by atoms with van der Waals surface area (Å²) < 4.78 is 25.1. The molecule has 0 unspecified atom stereocenters. The average molecular weight is 411 g/mol. The summed E-state index contributed by atoms with van der Waals surface area (Å²) in [5, 5.41) is 4.00. The molecule has 1 aliphatic heterocycles. The molecule has 9 heteroatoms. The fourth-order valence-corrected chi connectivity index (χ4v) is 3.18. The van der Waals surface area contributed by atoms with Gasteiger partial charge in [-0.2, -0.15) is 4.98 Å². The second-order valence-corrected chi connectivity index (χ2v) is 7.58. The van der Waals surface area contributed by atoms with Gasteiger partial charge >= 0.3 is 0 Å². The monoisotopic (exact) mass is 411 g/mol. The van der Waals surface area contributed by atoms with Crippen LogP contribution >= 0.6 is 0 Å². The first-order valence-electron chi connectivity index (χ1n) is 9.66. The first-order chi connectivity index (χ1) is 14.4. The number of halogens is 1. The molecular formula is C21H22FN5O3. The number of nitrogens with two attached hydrogens (primary N) is 1. The molecule has 2 N–H and O–H groups in total. The maximum atomic E-state index is 14.0. The Morgan fingerprint density at radius 2 is 2.13 bits per heavy atom. The van der Waals surface area contributed by atoms with Crippen molar-refractivity contribution < 1.29 is 18.4 Å². The van der Waals surface area contributed by atoms with Crippen molar-refractivity contribution in [3.05, 3.63) is 59.6 Å². The molecule has 8 nitrogen and oxygen atoms in total. The van der Waals surface area contributed by atoms with Gasteiger partial charge in [-0.25, -0.2) is 4.39 Å². The number of primary amides is 1. The van der Waals surface area contributed by atoms with Crippen LogP contribution in [-0.2, 0) is 6.54 Å². The number of ether oxygens (including phenoxy) is 1. The number of nitrogens with zero attached hydrogens (tertiary/aromatic N) is 4. The largest absolute Gasteiger partial charge is 0.486 e. The van der Waals surface area contributed by atoms with E-state index < -0.39 is 11.7 Å². The summed E-state index contributed by atoms with van der Waals surface area (Å²) in [6.07, 6.45) is 1.66. The zero-order valence-corrected chi connectivity index (χ0v) is 16.7. The Hall–Kier alpha value is -3.33. The molecule has 3 aromatic rings. The van der Waals surface area contributed by atoms with Gasteiger partial charge in [0.05, 0.1) is 24.0 Å². The highest BCUT2D eigenvalue weighted by Gasteiger charge is 2.29. The third kappa shape index (κ3) is 4.30. The molecular weight excluding hydrogens is 389 g/mol. The van der Waals surface area contributed by atoms with Gasteiger partial charge in [-0.1, -0.05) is 25.1 Å². The Kier molecular flexibility index (Phi) is 5.45. The van der Waals surface area contributed by atoms with Crippen molar-refractivity contribution in [1.82, 2.24) is 20.0 Å². The number of hydrogen-bond donors (Lipinski definition) is 1. The van der Waals surface area contributed by atoms with Crippen molar-refractivity contribution in [3.63, 3.8) is 0 Å². The Bertz CT molecular complexity index is 1050. The van der Waals surface area contributed by atoms with Crippen molar-refractivity contribution in [3.8, 4) is 17.0 Å². The molecule has 1 amide bonds. The summed E-state index contributed by atoms with van der Waals surface area (Å²) >= 11 is 0. The Morgan fingerprint density at radius 3 is 2.73 bits per heavy atom. The van der Waals surface area contributed by atoms with E-state index in [1.807, 2.05) is 13.8 Å². The molecule has 0 bridgehead atoms. The number of rotatable bonds is 7. The lowest BCUT2D eigenvalue weighted by Crippen LogP contribution is -2.53. The molecule has 2 aromatic heterocycles. The molecule has 4 rings (SSSR count). The Labute approximate surface area is 172 Å². The van der Waals surface area contributed by atoms with Crippen molar-refractivity contribution in [2.75, 3.05) is 13.1 Å². The summed E-state index contributed by atoms with van der Waals surface area (Å²) in [6, 6.07) is 7.75. The van der Waals surface area contributed by atoms with Gasteiger partial charge in [-0.3, -0.25) is 14.7 Å². The molecule has 1 fully saturated rings. The van der Waals surface area contributed by atoms with Crippen LogP contribution in [0.2, 0.25) is 0 Å². The summed E-state index contributed by atoms with van der Waals surface area (Å²) in [4.78, 5) is 22.0. The quantitative estimate of drug-likeness (QED) is 0.637. The zero-order valence-electron chi connectivity index (χ0n) is 16.7. The fraction of sp³-hybridized carbons (Fsp3) is 0.333. The molecule has 0 radical (unpaired) electrons. The maximum absolute atomic E-state index is 14.0. The van der Waals surface area contributed by atoms with Crippen molar-refractivity contribution in [1.29, 1.82) is 0 Å². The first kappa shape index (κ1) is 20.0. The summed E-state index contributed by atoms with van der Waals surface area (Å²) in [6.45, 7) is 6.16. The van der Waals surface area contributed by atoms with Crippen molar-refractivity contribution in [2.24, 2.45) is 5.73 Å². The van der Waals surface area contributed by atoms with Crippen LogP contribution in [0.4, 0.5) is 4.39 Å². The molecule has 1 saturated heterocycles. The second-order valence-electron chi connectivity index (χ2n) is 7.58. The fourth-order valence-electron chi connectivity index (χ4n) is 3.18. The van der Waals surface area contributed by atoms with Gasteiger partial charge in [-0.15, -0.1) is 0 Å². The minimum atomic E-state index is -0.801. The van der Waals surface area contributed by atoms with Gasteiger partial charge < -0.3 is 15.0 Å². The van der Waals surface area contributed by atoms with E-state index in [1.54, 1.807) is 24.4 Å². The van der Waals surface area contributed by atoms with Crippen molar-refractivity contribution in [2.45, 2.75) is 32.4 Å². The van der Waals surface area contributed by atoms with Crippen LogP contribution in [0, 0.1) is 5.82 Å². The average Bonchev–Trinajstić information content (AvgIpc) is 3.15. The normalized spacial score (nSPS) is 14.7. The van der Waals surface area contributed by atoms with Crippen LogP contribution in [0.1, 0.15) is 41.8 Å². The number of amides is 1. The van der Waals surface area contributed by atoms with Crippen LogP contribution in [0.3, 0.4) is 0 Å². The molecule has 0 atom stereocenters. The predicted molar refractivity (Wildman–Crippen MR) is 106 cm³/mol. The van der Waals surface area contributed by atoms with E-state index in [9.17, 15) is 9.18 Å². The van der Waals surface area contributed by atoms with Gasteiger partial charge in [0.15, 0.2) is 5.82 Å². The Morgan fingerprint density at radius 1 is 1.33 bits per heavy atom. The molecule has 1 aliphatic rings. The van der Waals surface area contributed by atoms with Gasteiger partial charge in [0.1, 0.15) is 17.7 Å². The summed E-state index contributed by atoms with van der Waals surface area (Å²) in [5.74, 6) is 0.709. The number of carbonyl (C=O) groups is 1. The van der Waals surface area contributed by atoms with Crippen LogP contribution in [-0.4, -0.2) is 45.1 Å². The van der Waals surface area contributed by atoms with E-state index in [4.69, 9.17) is 15.0 Å². The highest BCUT2D eigenvalue weighted by Crippen LogP contribution is 2.24. The van der Waals surface area contributed by atoms with Crippen LogP contribution in [0.15, 0.2) is 41.1 Å². The van der Waals surface area contributed by atoms with E-state index in [0.29, 0.717) is 35.3 Å². The van der Waals surface area contributed by atoms with E-state index in [2.05, 4.69) is 20.0 Å².